The molecule has 6 heteroatoms. The zero-order valence-corrected chi connectivity index (χ0v) is 14.8. The Hall–Kier alpha value is -1.24. The summed E-state index contributed by atoms with van der Waals surface area (Å²) in [5.74, 6) is 0. The second-order valence-corrected chi connectivity index (χ2v) is 8.12. The van der Waals surface area contributed by atoms with E-state index in [2.05, 4.69) is 38.4 Å². The minimum atomic E-state index is 0.578. The summed E-state index contributed by atoms with van der Waals surface area (Å²) in [7, 11) is 4.30. The number of likely N-dealkylation sites (tertiary alicyclic amines) is 1. The Morgan fingerprint density at radius 1 is 1.35 bits per heavy atom. The molecule has 0 bridgehead atoms. The largest absolute Gasteiger partial charge is 0.297 e. The first kappa shape index (κ1) is 15.3. The quantitative estimate of drug-likeness (QED) is 0.843. The highest BCUT2D eigenvalue weighted by atomic mass is 32.1. The molecule has 23 heavy (non-hydrogen) atoms. The van der Waals surface area contributed by atoms with Crippen LogP contribution in [0.25, 0.3) is 0 Å². The van der Waals surface area contributed by atoms with Crippen molar-refractivity contribution in [2.75, 3.05) is 20.1 Å². The Labute approximate surface area is 141 Å². The van der Waals surface area contributed by atoms with Gasteiger partial charge in [-0.05, 0) is 50.9 Å². The molecule has 1 atom stereocenters. The van der Waals surface area contributed by atoms with E-state index in [0.29, 0.717) is 5.41 Å². The Bertz CT molecular complexity index is 642. The number of hydrogen-bond donors (Lipinski definition) is 0. The number of hydrogen-bond acceptors (Lipinski definition) is 5. The molecule has 124 valence electrons. The lowest BCUT2D eigenvalue weighted by Gasteiger charge is -2.34. The molecule has 1 spiro atoms. The van der Waals surface area contributed by atoms with Crippen molar-refractivity contribution >= 4 is 11.3 Å². The Morgan fingerprint density at radius 3 is 2.83 bits per heavy atom. The summed E-state index contributed by atoms with van der Waals surface area (Å²) in [4.78, 5) is 9.53. The summed E-state index contributed by atoms with van der Waals surface area (Å²) in [6.07, 6.45) is 7.84. The van der Waals surface area contributed by atoms with E-state index in [1.54, 1.807) is 11.3 Å². The molecule has 5 nitrogen and oxygen atoms in total. The van der Waals surface area contributed by atoms with Gasteiger partial charge in [-0.15, -0.1) is 11.3 Å². The molecule has 1 saturated carbocycles. The number of nitrogens with zero attached hydrogens (tertiary/aromatic N) is 5. The van der Waals surface area contributed by atoms with Gasteiger partial charge in [0.05, 0.1) is 12.2 Å². The molecule has 1 aliphatic carbocycles. The Morgan fingerprint density at radius 2 is 2.17 bits per heavy atom. The van der Waals surface area contributed by atoms with Gasteiger partial charge in [0.1, 0.15) is 5.01 Å². The topological polar surface area (TPSA) is 37.2 Å². The van der Waals surface area contributed by atoms with E-state index in [1.165, 1.54) is 43.1 Å². The standard InChI is InChI=1S/C17H25N5S/c1-20(13-16-18-7-10-23-16)15-11-17(15)4-8-22(9-5-17)12-14-3-6-19-21(14)2/h3,6-7,10,15H,4-5,8-9,11-13H2,1-2H3. The molecule has 0 radical (unpaired) electrons. The van der Waals surface area contributed by atoms with Crippen LogP contribution in [0.4, 0.5) is 0 Å². The van der Waals surface area contributed by atoms with Crippen molar-refractivity contribution in [3.05, 3.63) is 34.5 Å². The lowest BCUT2D eigenvalue weighted by Crippen LogP contribution is -2.37. The monoisotopic (exact) mass is 331 g/mol. The second kappa shape index (κ2) is 6.00. The zero-order chi connectivity index (χ0) is 15.9. The second-order valence-electron chi connectivity index (χ2n) is 7.15. The molecule has 0 amide bonds. The minimum absolute atomic E-state index is 0.578. The van der Waals surface area contributed by atoms with E-state index in [-0.39, 0.29) is 0 Å². The summed E-state index contributed by atoms with van der Waals surface area (Å²) in [5, 5.41) is 7.58. The van der Waals surface area contributed by atoms with Gasteiger partial charge in [-0.2, -0.15) is 5.10 Å². The average molecular weight is 331 g/mol. The summed E-state index contributed by atoms with van der Waals surface area (Å²) >= 11 is 1.77. The van der Waals surface area contributed by atoms with Crippen LogP contribution in [0.2, 0.25) is 0 Å². The van der Waals surface area contributed by atoms with Crippen LogP contribution in [-0.4, -0.2) is 50.7 Å². The highest BCUT2D eigenvalue weighted by Gasteiger charge is 2.56. The predicted octanol–water partition coefficient (Wildman–Crippen LogP) is 2.36. The first-order valence-corrected chi connectivity index (χ1v) is 9.32. The maximum Gasteiger partial charge on any atom is 0.107 e. The zero-order valence-electron chi connectivity index (χ0n) is 14.0. The average Bonchev–Trinajstić information content (AvgIpc) is 2.88. The third-order valence-corrected chi connectivity index (χ3v) is 6.47. The molecule has 1 unspecified atom stereocenters. The van der Waals surface area contributed by atoms with Crippen molar-refractivity contribution in [3.8, 4) is 0 Å². The lowest BCUT2D eigenvalue weighted by atomic mass is 9.92. The molecule has 1 aliphatic heterocycles. The summed E-state index contributed by atoms with van der Waals surface area (Å²) in [6.45, 7) is 4.47. The SMILES string of the molecule is CN(Cc1nccs1)C1CC12CCN(Cc1ccnn1C)CC2. The number of thiazole rings is 1. The molecule has 2 aliphatic rings. The molecule has 0 aromatic carbocycles. The molecular formula is C17H25N5S. The fraction of sp³-hybridized carbons (Fsp3) is 0.647. The van der Waals surface area contributed by atoms with Gasteiger partial charge < -0.3 is 0 Å². The van der Waals surface area contributed by atoms with Crippen LogP contribution < -0.4 is 0 Å². The van der Waals surface area contributed by atoms with E-state index in [4.69, 9.17) is 0 Å². The fourth-order valence-electron chi connectivity index (χ4n) is 4.08. The fourth-order valence-corrected chi connectivity index (χ4v) is 4.76. The summed E-state index contributed by atoms with van der Waals surface area (Å²) < 4.78 is 1.99. The van der Waals surface area contributed by atoms with Crippen LogP contribution in [0.5, 0.6) is 0 Å². The molecule has 2 aromatic rings. The van der Waals surface area contributed by atoms with Gasteiger partial charge in [-0.25, -0.2) is 4.98 Å². The lowest BCUT2D eigenvalue weighted by molar-refractivity contribution is 0.137. The van der Waals surface area contributed by atoms with Crippen LogP contribution in [0.15, 0.2) is 23.8 Å². The van der Waals surface area contributed by atoms with Crippen molar-refractivity contribution in [1.82, 2.24) is 24.6 Å². The molecule has 2 fully saturated rings. The maximum absolute atomic E-state index is 4.42. The molecular weight excluding hydrogens is 306 g/mol. The van der Waals surface area contributed by atoms with Crippen molar-refractivity contribution in [3.63, 3.8) is 0 Å². The van der Waals surface area contributed by atoms with E-state index < -0.39 is 0 Å². The normalized spacial score (nSPS) is 23.7. The Balaban J connectivity index is 1.29. The number of aromatic nitrogens is 3. The van der Waals surface area contributed by atoms with Crippen LogP contribution in [0, 0.1) is 5.41 Å². The minimum Gasteiger partial charge on any atom is -0.297 e. The third-order valence-electron chi connectivity index (χ3n) is 5.71. The van der Waals surface area contributed by atoms with Crippen molar-refractivity contribution in [1.29, 1.82) is 0 Å². The van der Waals surface area contributed by atoms with Crippen LogP contribution in [0.1, 0.15) is 30.0 Å². The molecule has 1 saturated heterocycles. The number of rotatable bonds is 5. The summed E-state index contributed by atoms with van der Waals surface area (Å²) in [5.41, 5.74) is 1.89. The van der Waals surface area contributed by atoms with Gasteiger partial charge in [-0.1, -0.05) is 0 Å². The maximum atomic E-state index is 4.42. The van der Waals surface area contributed by atoms with E-state index >= 15 is 0 Å². The van der Waals surface area contributed by atoms with Gasteiger partial charge in [0, 0.05) is 37.4 Å². The molecule has 0 N–H and O–H groups in total. The van der Waals surface area contributed by atoms with E-state index in [0.717, 1.165) is 19.1 Å². The molecule has 3 heterocycles. The van der Waals surface area contributed by atoms with E-state index in [9.17, 15) is 0 Å². The van der Waals surface area contributed by atoms with Gasteiger partial charge in [0.2, 0.25) is 0 Å². The van der Waals surface area contributed by atoms with Gasteiger partial charge in [0.15, 0.2) is 0 Å². The van der Waals surface area contributed by atoms with Gasteiger partial charge in [0.25, 0.3) is 0 Å². The first-order valence-electron chi connectivity index (χ1n) is 8.44. The number of piperidine rings is 1. The van der Waals surface area contributed by atoms with Crippen LogP contribution in [-0.2, 0) is 20.1 Å². The van der Waals surface area contributed by atoms with Gasteiger partial charge in [-0.3, -0.25) is 14.5 Å². The highest BCUT2D eigenvalue weighted by molar-refractivity contribution is 7.09. The van der Waals surface area contributed by atoms with Crippen molar-refractivity contribution < 1.29 is 0 Å². The molecule has 4 rings (SSSR count). The highest BCUT2D eigenvalue weighted by Crippen LogP contribution is 2.56. The molecule has 2 aromatic heterocycles. The third kappa shape index (κ3) is 3.07. The Kier molecular flexibility index (Phi) is 3.99. The van der Waals surface area contributed by atoms with Crippen LogP contribution in [0.3, 0.4) is 0 Å². The summed E-state index contributed by atoms with van der Waals surface area (Å²) in [6, 6.07) is 2.89. The smallest absolute Gasteiger partial charge is 0.107 e. The van der Waals surface area contributed by atoms with Crippen molar-refractivity contribution in [2.45, 2.75) is 38.4 Å². The van der Waals surface area contributed by atoms with E-state index in [1.807, 2.05) is 24.1 Å². The predicted molar refractivity (Wildman–Crippen MR) is 92.1 cm³/mol. The van der Waals surface area contributed by atoms with Gasteiger partial charge >= 0.3 is 0 Å². The number of aryl methyl sites for hydroxylation is 1. The van der Waals surface area contributed by atoms with Crippen molar-refractivity contribution in [2.24, 2.45) is 12.5 Å². The first-order chi connectivity index (χ1) is 11.2. The van der Waals surface area contributed by atoms with Crippen LogP contribution >= 0.6 is 11.3 Å².